The van der Waals surface area contributed by atoms with Crippen LogP contribution in [0.4, 0.5) is 0 Å². The molecule has 5 heteroatoms. The largest absolute Gasteiger partial charge is 0.381 e. The summed E-state index contributed by atoms with van der Waals surface area (Å²) < 4.78 is 11.2. The zero-order valence-electron chi connectivity index (χ0n) is 12.7. The van der Waals surface area contributed by atoms with Crippen LogP contribution in [-0.2, 0) is 14.3 Å². The molecule has 5 nitrogen and oxygen atoms in total. The van der Waals surface area contributed by atoms with Crippen molar-refractivity contribution in [1.29, 1.82) is 0 Å². The van der Waals surface area contributed by atoms with Crippen LogP contribution in [0.3, 0.4) is 0 Å². The van der Waals surface area contributed by atoms with Crippen molar-refractivity contribution >= 4 is 5.91 Å². The first kappa shape index (κ1) is 15.7. The number of ether oxygens (including phenoxy) is 2. The molecular formula is C15H28N2O3. The van der Waals surface area contributed by atoms with E-state index in [9.17, 15) is 4.79 Å². The highest BCUT2D eigenvalue weighted by atomic mass is 16.5. The maximum absolute atomic E-state index is 12.4. The molecule has 2 heterocycles. The van der Waals surface area contributed by atoms with Crippen molar-refractivity contribution < 1.29 is 14.3 Å². The molecule has 20 heavy (non-hydrogen) atoms. The van der Waals surface area contributed by atoms with Crippen LogP contribution in [0.15, 0.2) is 0 Å². The topological polar surface area (TPSA) is 73.6 Å². The van der Waals surface area contributed by atoms with Crippen molar-refractivity contribution in [2.45, 2.75) is 69.6 Å². The van der Waals surface area contributed by atoms with E-state index in [1.54, 1.807) is 0 Å². The molecule has 0 aromatic heterocycles. The Labute approximate surface area is 121 Å². The van der Waals surface area contributed by atoms with Crippen molar-refractivity contribution in [3.63, 3.8) is 0 Å². The second-order valence-corrected chi connectivity index (χ2v) is 6.17. The third kappa shape index (κ3) is 3.32. The van der Waals surface area contributed by atoms with Crippen LogP contribution in [0.25, 0.3) is 0 Å². The summed E-state index contributed by atoms with van der Waals surface area (Å²) in [7, 11) is 0. The van der Waals surface area contributed by atoms with Gasteiger partial charge >= 0.3 is 0 Å². The Hall–Kier alpha value is -0.650. The van der Waals surface area contributed by atoms with Crippen molar-refractivity contribution in [2.75, 3.05) is 19.8 Å². The smallest absolute Gasteiger partial charge is 0.240 e. The maximum Gasteiger partial charge on any atom is 0.240 e. The Kier molecular flexibility index (Phi) is 5.04. The molecule has 2 fully saturated rings. The van der Waals surface area contributed by atoms with E-state index >= 15 is 0 Å². The maximum atomic E-state index is 12.4. The standard InChI is InChI=1S/C15H28N2O3/c1-3-14(4-2)11-12(5-8-20-14)17-13(18)15(16)6-9-19-10-7-15/h12H,3-11,16H2,1-2H3,(H,17,18). The number of rotatable bonds is 4. The summed E-state index contributed by atoms with van der Waals surface area (Å²) in [6, 6.07) is 0.180. The highest BCUT2D eigenvalue weighted by Crippen LogP contribution is 2.31. The van der Waals surface area contributed by atoms with E-state index in [2.05, 4.69) is 19.2 Å². The molecule has 2 rings (SSSR count). The zero-order chi connectivity index (χ0) is 14.6. The molecule has 0 bridgehead atoms. The van der Waals surface area contributed by atoms with Crippen LogP contribution in [0, 0.1) is 0 Å². The van der Waals surface area contributed by atoms with Gasteiger partial charge < -0.3 is 20.5 Å². The predicted molar refractivity (Wildman–Crippen MR) is 77.4 cm³/mol. The average Bonchev–Trinajstić information content (AvgIpc) is 2.48. The van der Waals surface area contributed by atoms with E-state index in [4.69, 9.17) is 15.2 Å². The van der Waals surface area contributed by atoms with Crippen molar-refractivity contribution in [3.8, 4) is 0 Å². The number of carbonyl (C=O) groups excluding carboxylic acids is 1. The third-order valence-corrected chi connectivity index (χ3v) is 4.95. The first-order valence-electron chi connectivity index (χ1n) is 7.85. The summed E-state index contributed by atoms with van der Waals surface area (Å²) in [4.78, 5) is 12.4. The van der Waals surface area contributed by atoms with Gasteiger partial charge in [0.15, 0.2) is 0 Å². The average molecular weight is 284 g/mol. The van der Waals surface area contributed by atoms with Crippen LogP contribution >= 0.6 is 0 Å². The Bertz CT molecular complexity index is 336. The van der Waals surface area contributed by atoms with E-state index in [0.29, 0.717) is 32.7 Å². The van der Waals surface area contributed by atoms with Crippen LogP contribution in [0.2, 0.25) is 0 Å². The first-order valence-corrected chi connectivity index (χ1v) is 7.85. The number of hydrogen-bond acceptors (Lipinski definition) is 4. The lowest BCUT2D eigenvalue weighted by Gasteiger charge is -2.41. The van der Waals surface area contributed by atoms with Gasteiger partial charge in [-0.05, 0) is 38.5 Å². The van der Waals surface area contributed by atoms with Gasteiger partial charge in [-0.2, -0.15) is 0 Å². The Morgan fingerprint density at radius 3 is 2.50 bits per heavy atom. The highest BCUT2D eigenvalue weighted by molar-refractivity contribution is 5.86. The minimum Gasteiger partial charge on any atom is -0.381 e. The second kappa shape index (κ2) is 6.41. The fourth-order valence-corrected chi connectivity index (χ4v) is 3.19. The van der Waals surface area contributed by atoms with Crippen molar-refractivity contribution in [1.82, 2.24) is 5.32 Å². The van der Waals surface area contributed by atoms with E-state index in [1.807, 2.05) is 0 Å². The minimum atomic E-state index is -0.752. The molecule has 0 saturated carbocycles. The zero-order valence-corrected chi connectivity index (χ0v) is 12.7. The van der Waals surface area contributed by atoms with Crippen LogP contribution in [0.1, 0.15) is 52.4 Å². The molecule has 0 aliphatic carbocycles. The number of nitrogens with one attached hydrogen (secondary N) is 1. The fourth-order valence-electron chi connectivity index (χ4n) is 3.19. The molecular weight excluding hydrogens is 256 g/mol. The fraction of sp³-hybridized carbons (Fsp3) is 0.933. The molecule has 0 spiro atoms. The second-order valence-electron chi connectivity index (χ2n) is 6.17. The van der Waals surface area contributed by atoms with Gasteiger partial charge in [-0.15, -0.1) is 0 Å². The lowest BCUT2D eigenvalue weighted by molar-refractivity contribution is -0.134. The van der Waals surface area contributed by atoms with E-state index < -0.39 is 5.54 Å². The molecule has 0 aromatic carbocycles. The first-order chi connectivity index (χ1) is 9.53. The number of hydrogen-bond donors (Lipinski definition) is 2. The van der Waals surface area contributed by atoms with Gasteiger partial charge in [-0.3, -0.25) is 4.79 Å². The Balaban J connectivity index is 1.93. The summed E-state index contributed by atoms with van der Waals surface area (Å²) >= 11 is 0. The predicted octanol–water partition coefficient (Wildman–Crippen LogP) is 1.35. The number of carbonyl (C=O) groups is 1. The summed E-state index contributed by atoms with van der Waals surface area (Å²) in [6.45, 7) is 6.16. The van der Waals surface area contributed by atoms with Gasteiger partial charge in [-0.25, -0.2) is 0 Å². The molecule has 2 aliphatic rings. The molecule has 2 aliphatic heterocycles. The monoisotopic (exact) mass is 284 g/mol. The van der Waals surface area contributed by atoms with Crippen molar-refractivity contribution in [3.05, 3.63) is 0 Å². The SMILES string of the molecule is CCC1(CC)CC(NC(=O)C2(N)CCOCC2)CCO1. The normalized spacial score (nSPS) is 28.9. The van der Waals surface area contributed by atoms with Crippen LogP contribution < -0.4 is 11.1 Å². The van der Waals surface area contributed by atoms with Gasteiger partial charge in [-0.1, -0.05) is 13.8 Å². The molecule has 2 saturated heterocycles. The molecule has 3 N–H and O–H groups in total. The summed E-state index contributed by atoms with van der Waals surface area (Å²) in [5.41, 5.74) is 5.40. The van der Waals surface area contributed by atoms with Gasteiger partial charge in [0.2, 0.25) is 5.91 Å². The molecule has 0 radical (unpaired) electrons. The van der Waals surface area contributed by atoms with Crippen LogP contribution in [0.5, 0.6) is 0 Å². The van der Waals surface area contributed by atoms with Gasteiger partial charge in [0.25, 0.3) is 0 Å². The number of nitrogens with two attached hydrogens (primary N) is 1. The highest BCUT2D eigenvalue weighted by Gasteiger charge is 2.40. The third-order valence-electron chi connectivity index (χ3n) is 4.95. The molecule has 116 valence electrons. The summed E-state index contributed by atoms with van der Waals surface area (Å²) in [5.74, 6) is -0.0196. The van der Waals surface area contributed by atoms with Crippen LogP contribution in [-0.4, -0.2) is 42.9 Å². The Morgan fingerprint density at radius 1 is 1.25 bits per heavy atom. The van der Waals surface area contributed by atoms with E-state index in [0.717, 1.165) is 25.7 Å². The molecule has 1 unspecified atom stereocenters. The van der Waals surface area contributed by atoms with Gasteiger partial charge in [0.1, 0.15) is 0 Å². The molecule has 1 atom stereocenters. The van der Waals surface area contributed by atoms with E-state index in [1.165, 1.54) is 0 Å². The lowest BCUT2D eigenvalue weighted by Crippen LogP contribution is -2.60. The van der Waals surface area contributed by atoms with Gasteiger partial charge in [0, 0.05) is 25.9 Å². The van der Waals surface area contributed by atoms with E-state index in [-0.39, 0.29) is 17.6 Å². The Morgan fingerprint density at radius 2 is 1.90 bits per heavy atom. The summed E-state index contributed by atoms with van der Waals surface area (Å²) in [6.07, 6.45) is 4.94. The number of amides is 1. The quantitative estimate of drug-likeness (QED) is 0.817. The lowest BCUT2D eigenvalue weighted by atomic mass is 9.84. The minimum absolute atomic E-state index is 0.0196. The van der Waals surface area contributed by atoms with Gasteiger partial charge in [0.05, 0.1) is 11.1 Å². The summed E-state index contributed by atoms with van der Waals surface area (Å²) in [5, 5.41) is 3.15. The molecule has 1 amide bonds. The molecule has 0 aromatic rings. The van der Waals surface area contributed by atoms with Crippen molar-refractivity contribution in [2.24, 2.45) is 5.73 Å².